The van der Waals surface area contributed by atoms with Gasteiger partial charge in [0, 0.05) is 24.1 Å². The number of nitrogens with zero attached hydrogens (tertiary/aromatic N) is 2. The first-order chi connectivity index (χ1) is 10.8. The third-order valence-electron chi connectivity index (χ3n) is 3.18. The van der Waals surface area contributed by atoms with Crippen LogP contribution in [0.1, 0.15) is 31.2 Å². The van der Waals surface area contributed by atoms with Crippen LogP contribution < -0.4 is 5.32 Å². The Kier molecular flexibility index (Phi) is 5.02. The number of anilines is 1. The van der Waals surface area contributed by atoms with E-state index >= 15 is 0 Å². The molecule has 1 aromatic carbocycles. The molecule has 0 aliphatic carbocycles. The van der Waals surface area contributed by atoms with E-state index in [-0.39, 0.29) is 0 Å². The molecule has 0 spiro atoms. The lowest BCUT2D eigenvalue weighted by atomic mass is 10.1. The lowest BCUT2D eigenvalue weighted by Crippen LogP contribution is -2.17. The zero-order valence-corrected chi connectivity index (χ0v) is 12.7. The van der Waals surface area contributed by atoms with Gasteiger partial charge >= 0.3 is 6.18 Å². The molecule has 0 aliphatic heterocycles. The maximum Gasteiger partial charge on any atom is 0.389 e. The Morgan fingerprint density at radius 1 is 1.35 bits per heavy atom. The van der Waals surface area contributed by atoms with Gasteiger partial charge < -0.3 is 9.84 Å². The maximum atomic E-state index is 12.1. The molecule has 0 bridgehead atoms. The number of rotatable bonds is 5. The summed E-state index contributed by atoms with van der Waals surface area (Å²) in [7, 11) is 0. The fraction of sp³-hybridized carbons (Fsp3) is 0.400. The number of aromatic nitrogens is 2. The Balaban J connectivity index is 2.12. The lowest BCUT2D eigenvalue weighted by Gasteiger charge is -2.10. The van der Waals surface area contributed by atoms with Crippen LogP contribution >= 0.6 is 0 Å². The van der Waals surface area contributed by atoms with Crippen molar-refractivity contribution < 1.29 is 22.5 Å². The molecule has 1 aromatic heterocycles. The summed E-state index contributed by atoms with van der Waals surface area (Å²) in [4.78, 5) is 15.8. The largest absolute Gasteiger partial charge is 0.389 e. The molecule has 0 saturated heterocycles. The summed E-state index contributed by atoms with van der Waals surface area (Å²) in [5, 5.41) is 6.27. The molecule has 124 valence electrons. The minimum Gasteiger partial charge on any atom is -0.334 e. The zero-order valence-electron chi connectivity index (χ0n) is 12.7. The van der Waals surface area contributed by atoms with Crippen molar-refractivity contribution in [1.29, 1.82) is 0 Å². The first kappa shape index (κ1) is 17.0. The molecule has 2 aromatic rings. The van der Waals surface area contributed by atoms with Gasteiger partial charge in [0.2, 0.25) is 5.91 Å². The molecule has 8 heteroatoms. The van der Waals surface area contributed by atoms with Gasteiger partial charge in [-0.25, -0.2) is 0 Å². The van der Waals surface area contributed by atoms with Crippen molar-refractivity contribution in [3.8, 4) is 11.5 Å². The van der Waals surface area contributed by atoms with E-state index in [1.807, 2.05) is 6.92 Å². The topological polar surface area (TPSA) is 68.0 Å². The summed E-state index contributed by atoms with van der Waals surface area (Å²) in [5.41, 5.74) is 1.74. The summed E-state index contributed by atoms with van der Waals surface area (Å²) in [5.74, 6) is 0.159. The second kappa shape index (κ2) is 6.80. The highest BCUT2D eigenvalue weighted by molar-refractivity contribution is 5.92. The standard InChI is InChI=1S/C15H16F3N3O2/c1-3-12-20-14(23-21-12)10-5-4-9(2)11(8-10)19-13(22)6-7-15(16,17)18/h4-5,8H,3,6-7H2,1-2H3,(H,19,22). The normalized spacial score (nSPS) is 11.5. The molecule has 0 unspecified atom stereocenters. The molecule has 0 fully saturated rings. The molecule has 1 N–H and O–H groups in total. The van der Waals surface area contributed by atoms with Crippen LogP contribution in [-0.4, -0.2) is 22.2 Å². The van der Waals surface area contributed by atoms with Crippen LogP contribution in [0, 0.1) is 6.92 Å². The third kappa shape index (κ3) is 4.80. The first-order valence-electron chi connectivity index (χ1n) is 7.08. The van der Waals surface area contributed by atoms with E-state index < -0.39 is 24.9 Å². The molecule has 1 heterocycles. The predicted octanol–water partition coefficient (Wildman–Crippen LogP) is 3.89. The fourth-order valence-electron chi connectivity index (χ4n) is 1.87. The molecule has 0 radical (unpaired) electrons. The SMILES string of the molecule is CCc1noc(-c2ccc(C)c(NC(=O)CCC(F)(F)F)c2)n1. The van der Waals surface area contributed by atoms with E-state index in [9.17, 15) is 18.0 Å². The number of carbonyl (C=O) groups excluding carboxylic acids is 1. The van der Waals surface area contributed by atoms with Crippen molar-refractivity contribution in [2.24, 2.45) is 0 Å². The van der Waals surface area contributed by atoms with Crippen LogP contribution in [0.4, 0.5) is 18.9 Å². The van der Waals surface area contributed by atoms with Gasteiger partial charge in [-0.15, -0.1) is 0 Å². The van der Waals surface area contributed by atoms with E-state index in [2.05, 4.69) is 15.5 Å². The van der Waals surface area contributed by atoms with Crippen LogP contribution in [0.3, 0.4) is 0 Å². The van der Waals surface area contributed by atoms with Crippen molar-refractivity contribution in [2.75, 3.05) is 5.32 Å². The second-order valence-electron chi connectivity index (χ2n) is 5.06. The molecule has 1 amide bonds. The predicted molar refractivity (Wildman–Crippen MR) is 77.8 cm³/mol. The monoisotopic (exact) mass is 327 g/mol. The highest BCUT2D eigenvalue weighted by atomic mass is 19.4. The molecule has 2 rings (SSSR count). The van der Waals surface area contributed by atoms with Crippen LogP contribution in [0.2, 0.25) is 0 Å². The van der Waals surface area contributed by atoms with Crippen LogP contribution in [-0.2, 0) is 11.2 Å². The number of halogens is 3. The van der Waals surface area contributed by atoms with Gasteiger partial charge in [0.15, 0.2) is 5.82 Å². The van der Waals surface area contributed by atoms with Crippen LogP contribution in [0.15, 0.2) is 22.7 Å². The Morgan fingerprint density at radius 2 is 2.09 bits per heavy atom. The van der Waals surface area contributed by atoms with E-state index in [4.69, 9.17) is 4.52 Å². The van der Waals surface area contributed by atoms with Crippen molar-refractivity contribution in [1.82, 2.24) is 10.1 Å². The van der Waals surface area contributed by atoms with Gasteiger partial charge in [-0.05, 0) is 24.6 Å². The number of carbonyl (C=O) groups is 1. The van der Waals surface area contributed by atoms with Gasteiger partial charge in [-0.1, -0.05) is 18.1 Å². The van der Waals surface area contributed by atoms with Gasteiger partial charge in [-0.3, -0.25) is 4.79 Å². The number of nitrogens with one attached hydrogen (secondary N) is 1. The number of amides is 1. The average molecular weight is 327 g/mol. The van der Waals surface area contributed by atoms with Gasteiger partial charge in [0.1, 0.15) is 0 Å². The first-order valence-corrected chi connectivity index (χ1v) is 7.08. The molecular formula is C15H16F3N3O2. The maximum absolute atomic E-state index is 12.1. The Morgan fingerprint density at radius 3 is 2.70 bits per heavy atom. The quantitative estimate of drug-likeness (QED) is 0.904. The summed E-state index contributed by atoms with van der Waals surface area (Å²) in [6.07, 6.45) is -5.50. The summed E-state index contributed by atoms with van der Waals surface area (Å²) in [6.45, 7) is 3.63. The van der Waals surface area contributed by atoms with Crippen molar-refractivity contribution >= 4 is 11.6 Å². The minimum absolute atomic E-state index is 0.299. The zero-order chi connectivity index (χ0) is 17.0. The van der Waals surface area contributed by atoms with Gasteiger partial charge in [-0.2, -0.15) is 18.2 Å². The highest BCUT2D eigenvalue weighted by Gasteiger charge is 2.28. The second-order valence-corrected chi connectivity index (χ2v) is 5.06. The molecule has 0 saturated carbocycles. The Labute approximate surface area is 130 Å². The third-order valence-corrected chi connectivity index (χ3v) is 3.18. The number of alkyl halides is 3. The average Bonchev–Trinajstić information content (AvgIpc) is 2.96. The lowest BCUT2D eigenvalue weighted by molar-refractivity contribution is -0.142. The molecule has 0 aliphatic rings. The van der Waals surface area contributed by atoms with Gasteiger partial charge in [0.25, 0.3) is 5.89 Å². The number of benzene rings is 1. The smallest absolute Gasteiger partial charge is 0.334 e. The number of aryl methyl sites for hydroxylation is 2. The highest BCUT2D eigenvalue weighted by Crippen LogP contribution is 2.26. The van der Waals surface area contributed by atoms with Crippen molar-refractivity contribution in [2.45, 2.75) is 39.3 Å². The minimum atomic E-state index is -4.35. The van der Waals surface area contributed by atoms with E-state index in [0.29, 0.717) is 29.4 Å². The van der Waals surface area contributed by atoms with E-state index in [1.54, 1.807) is 25.1 Å². The van der Waals surface area contributed by atoms with Crippen molar-refractivity contribution in [3.63, 3.8) is 0 Å². The summed E-state index contributed by atoms with van der Waals surface area (Å²) in [6, 6.07) is 5.08. The molecule has 0 atom stereocenters. The Bertz CT molecular complexity index is 696. The number of hydrogen-bond donors (Lipinski definition) is 1. The van der Waals surface area contributed by atoms with E-state index in [1.165, 1.54) is 0 Å². The van der Waals surface area contributed by atoms with Gasteiger partial charge in [0.05, 0.1) is 6.42 Å². The molecular weight excluding hydrogens is 311 g/mol. The molecule has 23 heavy (non-hydrogen) atoms. The van der Waals surface area contributed by atoms with Crippen molar-refractivity contribution in [3.05, 3.63) is 29.6 Å². The fourth-order valence-corrected chi connectivity index (χ4v) is 1.87. The summed E-state index contributed by atoms with van der Waals surface area (Å²) >= 11 is 0. The van der Waals surface area contributed by atoms with E-state index in [0.717, 1.165) is 5.56 Å². The van der Waals surface area contributed by atoms with Crippen LogP contribution in [0.25, 0.3) is 11.5 Å². The van der Waals surface area contributed by atoms with Crippen LogP contribution in [0.5, 0.6) is 0 Å². The molecule has 5 nitrogen and oxygen atoms in total. The number of hydrogen-bond acceptors (Lipinski definition) is 4. The summed E-state index contributed by atoms with van der Waals surface area (Å²) < 4.78 is 41.6. The Hall–Kier alpha value is -2.38.